The highest BCUT2D eigenvalue weighted by atomic mass is 32.2. The lowest BCUT2D eigenvalue weighted by atomic mass is 10.1. The second-order valence-electron chi connectivity index (χ2n) is 3.85. The summed E-state index contributed by atoms with van der Waals surface area (Å²) in [4.78, 5) is 8.91. The van der Waals surface area contributed by atoms with Crippen LogP contribution in [0.15, 0.2) is 53.6 Å². The summed E-state index contributed by atoms with van der Waals surface area (Å²) < 4.78 is 0. The molecule has 0 unspecified atom stereocenters. The summed E-state index contributed by atoms with van der Waals surface area (Å²) in [6, 6.07) is 14.7. The predicted molar refractivity (Wildman–Crippen MR) is 73.3 cm³/mol. The molecule has 0 aliphatic heterocycles. The van der Waals surface area contributed by atoms with Crippen LogP contribution in [0.2, 0.25) is 0 Å². The molecule has 17 heavy (non-hydrogen) atoms. The van der Waals surface area contributed by atoms with Crippen molar-refractivity contribution in [2.45, 2.75) is 4.90 Å². The van der Waals surface area contributed by atoms with Crippen molar-refractivity contribution in [3.8, 4) is 11.3 Å². The SMILES string of the molecule is CSc1ccc(-c2cc3cccnc3[nH]2)cc1. The first-order valence-electron chi connectivity index (χ1n) is 5.45. The lowest BCUT2D eigenvalue weighted by Crippen LogP contribution is -1.78. The van der Waals surface area contributed by atoms with Gasteiger partial charge in [0.15, 0.2) is 0 Å². The molecule has 0 saturated heterocycles. The van der Waals surface area contributed by atoms with Gasteiger partial charge in [-0.3, -0.25) is 0 Å². The Morgan fingerprint density at radius 1 is 1.12 bits per heavy atom. The number of thioether (sulfide) groups is 1. The second-order valence-corrected chi connectivity index (χ2v) is 4.73. The Morgan fingerprint density at radius 2 is 1.94 bits per heavy atom. The third kappa shape index (κ3) is 1.94. The highest BCUT2D eigenvalue weighted by Crippen LogP contribution is 2.25. The van der Waals surface area contributed by atoms with Crippen LogP contribution >= 0.6 is 11.8 Å². The molecule has 0 bridgehead atoms. The molecule has 0 aliphatic carbocycles. The Balaban J connectivity index is 2.07. The maximum Gasteiger partial charge on any atom is 0.137 e. The van der Waals surface area contributed by atoms with Crippen molar-refractivity contribution in [1.82, 2.24) is 9.97 Å². The van der Waals surface area contributed by atoms with Crippen molar-refractivity contribution >= 4 is 22.8 Å². The van der Waals surface area contributed by atoms with Gasteiger partial charge in [0.25, 0.3) is 0 Å². The number of aromatic nitrogens is 2. The van der Waals surface area contributed by atoms with E-state index in [0.29, 0.717) is 0 Å². The quantitative estimate of drug-likeness (QED) is 0.687. The monoisotopic (exact) mass is 240 g/mol. The molecule has 1 N–H and O–H groups in total. The smallest absolute Gasteiger partial charge is 0.137 e. The molecular weight excluding hydrogens is 228 g/mol. The lowest BCUT2D eigenvalue weighted by molar-refractivity contribution is 1.32. The molecule has 3 heteroatoms. The van der Waals surface area contributed by atoms with E-state index in [1.165, 1.54) is 10.5 Å². The number of H-pyrrole nitrogens is 1. The molecule has 84 valence electrons. The van der Waals surface area contributed by atoms with Gasteiger partial charge in [-0.15, -0.1) is 11.8 Å². The average Bonchev–Trinajstić information content (AvgIpc) is 2.82. The second kappa shape index (κ2) is 4.26. The molecule has 3 aromatic rings. The largest absolute Gasteiger partial charge is 0.339 e. The molecule has 1 aromatic carbocycles. The summed E-state index contributed by atoms with van der Waals surface area (Å²) in [5.41, 5.74) is 3.25. The van der Waals surface area contributed by atoms with Gasteiger partial charge in [-0.25, -0.2) is 4.98 Å². The number of nitrogens with one attached hydrogen (secondary N) is 1. The van der Waals surface area contributed by atoms with Crippen LogP contribution in [-0.2, 0) is 0 Å². The van der Waals surface area contributed by atoms with Gasteiger partial charge < -0.3 is 4.98 Å². The van der Waals surface area contributed by atoms with Crippen LogP contribution in [0.5, 0.6) is 0 Å². The number of pyridine rings is 1. The van der Waals surface area contributed by atoms with E-state index in [2.05, 4.69) is 52.6 Å². The number of hydrogen-bond donors (Lipinski definition) is 1. The van der Waals surface area contributed by atoms with Crippen LogP contribution in [-0.4, -0.2) is 16.2 Å². The van der Waals surface area contributed by atoms with Crippen LogP contribution in [0.3, 0.4) is 0 Å². The number of hydrogen-bond acceptors (Lipinski definition) is 2. The number of aromatic amines is 1. The first kappa shape index (κ1) is 10.4. The third-order valence-corrected chi connectivity index (χ3v) is 3.54. The standard InChI is InChI=1S/C14H12N2S/c1-17-12-6-4-10(5-7-12)13-9-11-3-2-8-15-14(11)16-13/h2-9H,1H3,(H,15,16). The van der Waals surface area contributed by atoms with Gasteiger partial charge in [-0.05, 0) is 42.2 Å². The third-order valence-electron chi connectivity index (χ3n) is 2.79. The zero-order valence-corrected chi connectivity index (χ0v) is 10.3. The first-order chi connectivity index (χ1) is 8.36. The fourth-order valence-electron chi connectivity index (χ4n) is 1.88. The Kier molecular flexibility index (Phi) is 2.61. The zero-order valence-electron chi connectivity index (χ0n) is 9.47. The van der Waals surface area contributed by atoms with Crippen LogP contribution < -0.4 is 0 Å². The summed E-state index contributed by atoms with van der Waals surface area (Å²) in [6.45, 7) is 0. The fraction of sp³-hybridized carbons (Fsp3) is 0.0714. The molecule has 0 saturated carbocycles. The Hall–Kier alpha value is -1.74. The minimum atomic E-state index is 0.941. The van der Waals surface area contributed by atoms with Crippen molar-refractivity contribution < 1.29 is 0 Å². The maximum atomic E-state index is 4.30. The molecule has 2 heterocycles. The summed E-state index contributed by atoms with van der Waals surface area (Å²) in [5.74, 6) is 0. The van der Waals surface area contributed by atoms with Gasteiger partial charge in [0.1, 0.15) is 5.65 Å². The van der Waals surface area contributed by atoms with Crippen LogP contribution in [0.1, 0.15) is 0 Å². The van der Waals surface area contributed by atoms with Gasteiger partial charge in [-0.2, -0.15) is 0 Å². The van der Waals surface area contributed by atoms with E-state index in [1.54, 1.807) is 18.0 Å². The van der Waals surface area contributed by atoms with Crippen molar-refractivity contribution in [1.29, 1.82) is 0 Å². The summed E-state index contributed by atoms with van der Waals surface area (Å²) in [7, 11) is 0. The van der Waals surface area contributed by atoms with Crippen molar-refractivity contribution in [3.63, 3.8) is 0 Å². The van der Waals surface area contributed by atoms with E-state index in [4.69, 9.17) is 0 Å². The Morgan fingerprint density at radius 3 is 2.65 bits per heavy atom. The van der Waals surface area contributed by atoms with E-state index in [1.807, 2.05) is 6.07 Å². The van der Waals surface area contributed by atoms with Crippen molar-refractivity contribution in [3.05, 3.63) is 48.7 Å². The van der Waals surface area contributed by atoms with Gasteiger partial charge in [0, 0.05) is 22.2 Å². The number of fused-ring (bicyclic) bond motifs is 1. The molecule has 2 aromatic heterocycles. The van der Waals surface area contributed by atoms with Crippen LogP contribution in [0.25, 0.3) is 22.3 Å². The first-order valence-corrected chi connectivity index (χ1v) is 6.67. The molecule has 3 rings (SSSR count). The molecule has 0 spiro atoms. The van der Waals surface area contributed by atoms with Gasteiger partial charge in [-0.1, -0.05) is 12.1 Å². The van der Waals surface area contributed by atoms with Crippen LogP contribution in [0.4, 0.5) is 0 Å². The molecule has 0 aliphatic rings. The van der Waals surface area contributed by atoms with Crippen molar-refractivity contribution in [2.75, 3.05) is 6.26 Å². The fourth-order valence-corrected chi connectivity index (χ4v) is 2.29. The highest BCUT2D eigenvalue weighted by Gasteiger charge is 2.03. The molecule has 0 radical (unpaired) electrons. The Bertz CT molecular complexity index is 608. The van der Waals surface area contributed by atoms with E-state index in [9.17, 15) is 0 Å². The number of rotatable bonds is 2. The molecule has 0 atom stereocenters. The normalized spacial score (nSPS) is 10.9. The van der Waals surface area contributed by atoms with Gasteiger partial charge in [0.2, 0.25) is 0 Å². The van der Waals surface area contributed by atoms with Gasteiger partial charge in [0.05, 0.1) is 0 Å². The Labute approximate surface area is 104 Å². The highest BCUT2D eigenvalue weighted by molar-refractivity contribution is 7.98. The number of nitrogens with zero attached hydrogens (tertiary/aromatic N) is 1. The summed E-state index contributed by atoms with van der Waals surface area (Å²) in [5, 5.41) is 1.15. The van der Waals surface area contributed by atoms with E-state index < -0.39 is 0 Å². The topological polar surface area (TPSA) is 28.7 Å². The molecule has 0 amide bonds. The van der Waals surface area contributed by atoms with Crippen LogP contribution in [0, 0.1) is 0 Å². The van der Waals surface area contributed by atoms with E-state index in [-0.39, 0.29) is 0 Å². The lowest BCUT2D eigenvalue weighted by Gasteiger charge is -1.99. The van der Waals surface area contributed by atoms with E-state index >= 15 is 0 Å². The van der Waals surface area contributed by atoms with Crippen molar-refractivity contribution in [2.24, 2.45) is 0 Å². The molecular formula is C14H12N2S. The van der Waals surface area contributed by atoms with Gasteiger partial charge >= 0.3 is 0 Å². The summed E-state index contributed by atoms with van der Waals surface area (Å²) in [6.07, 6.45) is 3.89. The average molecular weight is 240 g/mol. The molecule has 2 nitrogen and oxygen atoms in total. The van der Waals surface area contributed by atoms with E-state index in [0.717, 1.165) is 16.7 Å². The molecule has 0 fully saturated rings. The maximum absolute atomic E-state index is 4.30. The minimum absolute atomic E-state index is 0.941. The zero-order chi connectivity index (χ0) is 11.7. The summed E-state index contributed by atoms with van der Waals surface area (Å²) >= 11 is 1.76. The number of benzene rings is 1. The predicted octanol–water partition coefficient (Wildman–Crippen LogP) is 3.95. The minimum Gasteiger partial charge on any atom is -0.339 e.